The molecule has 3 aliphatic heterocycles. The first kappa shape index (κ1) is 31.6. The van der Waals surface area contributed by atoms with Gasteiger partial charge in [0.05, 0.1) is 24.9 Å². The largest absolute Gasteiger partial charge is 0.494 e. The quantitative estimate of drug-likeness (QED) is 0.0635. The van der Waals surface area contributed by atoms with Crippen molar-refractivity contribution in [2.24, 2.45) is 17.8 Å². The summed E-state index contributed by atoms with van der Waals surface area (Å²) in [4.78, 5) is 25.6. The van der Waals surface area contributed by atoms with Crippen molar-refractivity contribution in [1.82, 2.24) is 0 Å². The van der Waals surface area contributed by atoms with Crippen molar-refractivity contribution >= 4 is 5.78 Å². The van der Waals surface area contributed by atoms with E-state index in [0.29, 0.717) is 5.57 Å². The minimum atomic E-state index is -2.35. The summed E-state index contributed by atoms with van der Waals surface area (Å²) < 4.78 is 12.4. The Hall–Kier alpha value is -1.85. The Morgan fingerprint density at radius 3 is 2.48 bits per heavy atom. The van der Waals surface area contributed by atoms with Gasteiger partial charge in [0.1, 0.15) is 29.5 Å². The van der Waals surface area contributed by atoms with Crippen LogP contribution in [0.1, 0.15) is 79.1 Å². The van der Waals surface area contributed by atoms with Crippen LogP contribution in [0, 0.1) is 17.8 Å². The summed E-state index contributed by atoms with van der Waals surface area (Å²) in [7, 11) is 0. The second-order valence-electron chi connectivity index (χ2n) is 13.1. The Kier molecular flexibility index (Phi) is 8.70. The highest BCUT2D eigenvalue weighted by Gasteiger charge is 2.87. The van der Waals surface area contributed by atoms with Crippen molar-refractivity contribution in [3.63, 3.8) is 0 Å². The van der Waals surface area contributed by atoms with E-state index in [2.05, 4.69) is 19.6 Å². The zero-order chi connectivity index (χ0) is 30.5. The van der Waals surface area contributed by atoms with Crippen LogP contribution in [0.3, 0.4) is 0 Å². The maximum atomic E-state index is 13.4. The number of hydrogen-bond donors (Lipinski definition) is 4. The molecule has 42 heavy (non-hydrogen) atoms. The molecule has 6 rings (SSSR count). The number of Topliss-reactive ketones (excluding diaryl/α,β-unsaturated/α-hetero) is 1. The van der Waals surface area contributed by atoms with Gasteiger partial charge in [0.25, 0.3) is 0 Å². The highest BCUT2D eigenvalue weighted by Crippen LogP contribution is 2.69. The molecule has 2 saturated carbocycles. The Balaban J connectivity index is 1.42. The molecule has 0 radical (unpaired) electrons. The van der Waals surface area contributed by atoms with Crippen LogP contribution in [-0.2, 0) is 24.0 Å². The van der Waals surface area contributed by atoms with Crippen molar-refractivity contribution in [1.29, 1.82) is 0 Å². The number of carbonyl (C=O) groups is 1. The number of allylic oxidation sites excluding steroid dienone is 3. The van der Waals surface area contributed by atoms with Crippen LogP contribution < -0.4 is 0 Å². The number of unbranched alkanes of at least 4 members (excludes halogenated alkanes) is 7. The minimum absolute atomic E-state index is 0.248. The topological polar surface area (TPSA) is 138 Å². The summed E-state index contributed by atoms with van der Waals surface area (Å²) in [6, 6.07) is 0. The molecule has 234 valence electrons. The number of ether oxygens (including phenoxy) is 2. The first-order valence-electron chi connectivity index (χ1n) is 15.6. The molecule has 3 saturated heterocycles. The Morgan fingerprint density at radius 2 is 1.81 bits per heavy atom. The molecule has 0 aromatic heterocycles. The van der Waals surface area contributed by atoms with E-state index >= 15 is 0 Å². The molecule has 9 nitrogen and oxygen atoms in total. The van der Waals surface area contributed by atoms with E-state index in [0.717, 1.165) is 12.8 Å². The predicted octanol–water partition coefficient (Wildman–Crippen LogP) is 3.61. The van der Waals surface area contributed by atoms with Crippen LogP contribution in [0.5, 0.6) is 0 Å². The standard InChI is InChI=1S/C33H48O9/c1-6-7-8-9-10-11-12-13-14-15-16-17-39-28-24-27-30(19-34,40-27)29(37)31(38)23(18-21(4)25(31)35)33(24)22(5)26(36)32(28,20(2)3)41-42-33/h14-18,22-24,26-29,34,36-38H,2,6-13,19H2,1,3-5H3/b15-14+,17-16+/t22?,23-,24?,26?,27+,28-,29?,30+,31?,32+,33+/m1/s1. The first-order chi connectivity index (χ1) is 20.0. The molecule has 1 spiro atoms. The lowest BCUT2D eigenvalue weighted by atomic mass is 9.52. The molecule has 9 heteroatoms. The van der Waals surface area contributed by atoms with Gasteiger partial charge in [-0.3, -0.25) is 4.79 Å². The number of aliphatic hydroxyl groups is 4. The molecule has 2 bridgehead atoms. The average molecular weight is 589 g/mol. The molecular formula is C33H48O9. The van der Waals surface area contributed by atoms with Crippen molar-refractivity contribution in [3.8, 4) is 0 Å². The van der Waals surface area contributed by atoms with Gasteiger partial charge < -0.3 is 29.9 Å². The van der Waals surface area contributed by atoms with Crippen molar-refractivity contribution in [2.75, 3.05) is 6.61 Å². The van der Waals surface area contributed by atoms with Crippen LogP contribution in [-0.4, -0.2) is 79.6 Å². The zero-order valence-electron chi connectivity index (χ0n) is 25.3. The molecule has 5 unspecified atom stereocenters. The van der Waals surface area contributed by atoms with Crippen LogP contribution in [0.4, 0.5) is 0 Å². The van der Waals surface area contributed by atoms with Crippen LogP contribution in [0.25, 0.3) is 0 Å². The van der Waals surface area contributed by atoms with Crippen molar-refractivity contribution < 1.29 is 44.5 Å². The summed E-state index contributed by atoms with van der Waals surface area (Å²) in [5.41, 5.74) is -6.28. The molecule has 0 aromatic carbocycles. The average Bonchev–Trinajstić information content (AvgIpc) is 3.67. The number of carbonyl (C=O) groups excluding carboxylic acids is 1. The fourth-order valence-corrected chi connectivity index (χ4v) is 8.29. The van der Waals surface area contributed by atoms with Crippen LogP contribution in [0.2, 0.25) is 0 Å². The lowest BCUT2D eigenvalue weighted by Gasteiger charge is -2.65. The number of fused-ring (bicyclic) bond motifs is 4. The number of ketones is 1. The number of rotatable bonds is 13. The third-order valence-electron chi connectivity index (χ3n) is 10.7. The summed E-state index contributed by atoms with van der Waals surface area (Å²) in [6.07, 6.45) is 13.9. The van der Waals surface area contributed by atoms with Gasteiger partial charge in [0.2, 0.25) is 0 Å². The second-order valence-corrected chi connectivity index (χ2v) is 13.1. The summed E-state index contributed by atoms with van der Waals surface area (Å²) in [5, 5.41) is 45.7. The van der Waals surface area contributed by atoms with E-state index in [9.17, 15) is 25.2 Å². The van der Waals surface area contributed by atoms with Crippen molar-refractivity contribution in [3.05, 3.63) is 48.3 Å². The fraction of sp³-hybridized carbons (Fsp3) is 0.727. The summed E-state index contributed by atoms with van der Waals surface area (Å²) >= 11 is 0. The Bertz CT molecular complexity index is 1150. The van der Waals surface area contributed by atoms with E-state index in [1.165, 1.54) is 44.8 Å². The van der Waals surface area contributed by atoms with Crippen LogP contribution in [0.15, 0.2) is 48.3 Å². The lowest BCUT2D eigenvalue weighted by Crippen LogP contribution is -2.81. The highest BCUT2D eigenvalue weighted by atomic mass is 17.2. The van der Waals surface area contributed by atoms with Gasteiger partial charge in [0.15, 0.2) is 17.0 Å². The molecule has 6 aliphatic rings. The molecule has 4 N–H and O–H groups in total. The van der Waals surface area contributed by atoms with Gasteiger partial charge in [-0.25, -0.2) is 9.78 Å². The minimum Gasteiger partial charge on any atom is -0.494 e. The molecule has 0 amide bonds. The van der Waals surface area contributed by atoms with Gasteiger partial charge in [0, 0.05) is 11.8 Å². The molecular weight excluding hydrogens is 540 g/mol. The van der Waals surface area contributed by atoms with E-state index in [1.807, 2.05) is 6.08 Å². The monoisotopic (exact) mass is 588 g/mol. The second kappa shape index (κ2) is 11.6. The predicted molar refractivity (Wildman–Crippen MR) is 155 cm³/mol. The number of epoxide rings is 1. The van der Waals surface area contributed by atoms with E-state index in [-0.39, 0.29) is 5.57 Å². The fourth-order valence-electron chi connectivity index (χ4n) is 8.29. The van der Waals surface area contributed by atoms with Gasteiger partial charge >= 0.3 is 0 Å². The zero-order valence-corrected chi connectivity index (χ0v) is 25.3. The van der Waals surface area contributed by atoms with Gasteiger partial charge in [-0.05, 0) is 43.9 Å². The molecule has 11 atom stereocenters. The Morgan fingerprint density at radius 1 is 1.12 bits per heavy atom. The Labute approximate surface area is 248 Å². The SMILES string of the molecule is C=C(C)[C@]12OO[C@]3(C(C)C1O)C([C@H]2O/C=C/C=C/CCCCCCCCC)[C@@H]1O[C@]1(CO)C(O)C1(O)C(=O)C(C)=C[C@H]13. The maximum Gasteiger partial charge on any atom is 0.193 e. The third kappa shape index (κ3) is 4.26. The number of hydrogen-bond acceptors (Lipinski definition) is 9. The van der Waals surface area contributed by atoms with Gasteiger partial charge in [-0.15, -0.1) is 0 Å². The van der Waals surface area contributed by atoms with E-state index < -0.39 is 77.0 Å². The molecule has 3 aliphatic carbocycles. The normalized spacial score (nSPS) is 45.5. The van der Waals surface area contributed by atoms with Gasteiger partial charge in [-0.1, -0.05) is 77.2 Å². The summed E-state index contributed by atoms with van der Waals surface area (Å²) in [5.74, 6) is -3.22. The van der Waals surface area contributed by atoms with E-state index in [1.54, 1.807) is 32.9 Å². The van der Waals surface area contributed by atoms with Crippen LogP contribution >= 0.6 is 0 Å². The van der Waals surface area contributed by atoms with E-state index in [4.69, 9.17) is 19.2 Å². The molecule has 0 aromatic rings. The third-order valence-corrected chi connectivity index (χ3v) is 10.7. The maximum absolute atomic E-state index is 13.4. The number of aliphatic hydroxyl groups excluding tert-OH is 3. The molecule has 3 heterocycles. The lowest BCUT2D eigenvalue weighted by molar-refractivity contribution is -0.531. The first-order valence-corrected chi connectivity index (χ1v) is 15.6. The smallest absolute Gasteiger partial charge is 0.193 e. The summed E-state index contributed by atoms with van der Waals surface area (Å²) in [6.45, 7) is 10.7. The molecule has 5 fully saturated rings. The van der Waals surface area contributed by atoms with Crippen molar-refractivity contribution in [2.45, 2.75) is 126 Å². The van der Waals surface area contributed by atoms with Gasteiger partial charge in [-0.2, -0.15) is 0 Å². The highest BCUT2D eigenvalue weighted by molar-refractivity contribution is 6.05.